The van der Waals surface area contributed by atoms with Gasteiger partial charge < -0.3 is 5.32 Å². The average Bonchev–Trinajstić information content (AvgIpc) is 2.54. The number of anilines is 1. The van der Waals surface area contributed by atoms with Crippen molar-refractivity contribution >= 4 is 29.0 Å². The minimum Gasteiger partial charge on any atom is -0.326 e. The van der Waals surface area contributed by atoms with E-state index in [0.29, 0.717) is 11.4 Å². The van der Waals surface area contributed by atoms with Crippen molar-refractivity contribution in [2.24, 2.45) is 0 Å². The molecule has 1 amide bonds. The quantitative estimate of drug-likeness (QED) is 0.749. The predicted octanol–water partition coefficient (Wildman–Crippen LogP) is 2.95. The van der Waals surface area contributed by atoms with Crippen LogP contribution in [0, 0.1) is 0 Å². The molecule has 2 aromatic heterocycles. The van der Waals surface area contributed by atoms with Crippen LogP contribution in [-0.2, 0) is 10.5 Å². The van der Waals surface area contributed by atoms with Crippen LogP contribution in [0.15, 0.2) is 64.4 Å². The van der Waals surface area contributed by atoms with E-state index < -0.39 is 0 Å². The third-order valence-corrected chi connectivity index (χ3v) is 4.23. The van der Waals surface area contributed by atoms with Gasteiger partial charge in [-0.3, -0.25) is 14.0 Å². The maximum Gasteiger partial charge on any atom is 0.258 e. The molecule has 0 spiro atoms. The Balaban J connectivity index is 1.73. The molecule has 0 bridgehead atoms. The van der Waals surface area contributed by atoms with Gasteiger partial charge in [0.1, 0.15) is 5.65 Å². The van der Waals surface area contributed by atoms with Gasteiger partial charge in [0.2, 0.25) is 5.91 Å². The number of pyridine rings is 1. The first-order valence-corrected chi connectivity index (χ1v) is 8.08. The summed E-state index contributed by atoms with van der Waals surface area (Å²) in [6.07, 6.45) is 1.71. The molecular formula is C17H15N3O2S. The first-order chi connectivity index (χ1) is 11.1. The van der Waals surface area contributed by atoms with Crippen molar-refractivity contribution in [3.63, 3.8) is 0 Å². The molecule has 3 aromatic rings. The van der Waals surface area contributed by atoms with E-state index in [2.05, 4.69) is 10.3 Å². The highest BCUT2D eigenvalue weighted by Crippen LogP contribution is 2.23. The molecule has 1 N–H and O–H groups in total. The highest BCUT2D eigenvalue weighted by Gasteiger charge is 2.03. The molecule has 6 heteroatoms. The summed E-state index contributed by atoms with van der Waals surface area (Å²) < 4.78 is 1.52. The Kier molecular flexibility index (Phi) is 4.43. The van der Waals surface area contributed by atoms with E-state index in [1.165, 1.54) is 11.3 Å². The zero-order valence-electron chi connectivity index (χ0n) is 12.5. The third kappa shape index (κ3) is 3.78. The topological polar surface area (TPSA) is 63.5 Å². The fourth-order valence-corrected chi connectivity index (χ4v) is 2.96. The van der Waals surface area contributed by atoms with Gasteiger partial charge in [-0.25, -0.2) is 4.98 Å². The van der Waals surface area contributed by atoms with Gasteiger partial charge in [0.25, 0.3) is 5.56 Å². The predicted molar refractivity (Wildman–Crippen MR) is 91.8 cm³/mol. The van der Waals surface area contributed by atoms with Crippen molar-refractivity contribution in [3.05, 3.63) is 70.8 Å². The number of hydrogen-bond acceptors (Lipinski definition) is 4. The fraction of sp³-hybridized carbons (Fsp3) is 0.118. The molecule has 1 aromatic carbocycles. The lowest BCUT2D eigenvalue weighted by Crippen LogP contribution is -2.14. The van der Waals surface area contributed by atoms with E-state index >= 15 is 0 Å². The molecule has 0 fully saturated rings. The second kappa shape index (κ2) is 6.66. The van der Waals surface area contributed by atoms with Crippen molar-refractivity contribution in [2.75, 3.05) is 5.32 Å². The van der Waals surface area contributed by atoms with Crippen LogP contribution in [0.3, 0.4) is 0 Å². The molecule has 5 nitrogen and oxygen atoms in total. The minimum absolute atomic E-state index is 0.0767. The number of hydrogen-bond donors (Lipinski definition) is 1. The van der Waals surface area contributed by atoms with Gasteiger partial charge in [-0.05, 0) is 36.4 Å². The summed E-state index contributed by atoms with van der Waals surface area (Å²) in [6.45, 7) is 1.48. The van der Waals surface area contributed by atoms with Gasteiger partial charge >= 0.3 is 0 Å². The van der Waals surface area contributed by atoms with Gasteiger partial charge in [0.15, 0.2) is 0 Å². The maximum absolute atomic E-state index is 12.0. The maximum atomic E-state index is 12.0. The molecule has 23 heavy (non-hydrogen) atoms. The molecule has 0 saturated carbocycles. The Hall–Kier alpha value is -2.60. The zero-order chi connectivity index (χ0) is 16.2. The fourth-order valence-electron chi connectivity index (χ4n) is 2.17. The monoisotopic (exact) mass is 325 g/mol. The van der Waals surface area contributed by atoms with Crippen LogP contribution in [0.4, 0.5) is 5.69 Å². The Labute approximate surface area is 137 Å². The van der Waals surface area contributed by atoms with Crippen LogP contribution in [0.1, 0.15) is 12.6 Å². The average molecular weight is 325 g/mol. The van der Waals surface area contributed by atoms with Crippen LogP contribution in [0.25, 0.3) is 5.65 Å². The molecule has 0 aliphatic heterocycles. The molecule has 0 saturated heterocycles. The highest BCUT2D eigenvalue weighted by molar-refractivity contribution is 7.98. The molecule has 0 unspecified atom stereocenters. The first kappa shape index (κ1) is 15.3. The lowest BCUT2D eigenvalue weighted by atomic mass is 10.3. The third-order valence-electron chi connectivity index (χ3n) is 3.19. The number of carbonyl (C=O) groups is 1. The van der Waals surface area contributed by atoms with E-state index in [-0.39, 0.29) is 11.5 Å². The second-order valence-electron chi connectivity index (χ2n) is 5.01. The Morgan fingerprint density at radius 2 is 2.00 bits per heavy atom. The van der Waals surface area contributed by atoms with Crippen LogP contribution in [-0.4, -0.2) is 15.3 Å². The van der Waals surface area contributed by atoms with E-state index in [1.54, 1.807) is 30.1 Å². The lowest BCUT2D eigenvalue weighted by Gasteiger charge is -2.05. The van der Waals surface area contributed by atoms with Crippen molar-refractivity contribution in [1.29, 1.82) is 0 Å². The highest BCUT2D eigenvalue weighted by atomic mass is 32.2. The van der Waals surface area contributed by atoms with Gasteiger partial charge in [-0.2, -0.15) is 0 Å². The largest absolute Gasteiger partial charge is 0.326 e. The first-order valence-electron chi connectivity index (χ1n) is 7.09. The van der Waals surface area contributed by atoms with Crippen LogP contribution in [0.2, 0.25) is 0 Å². The summed E-state index contributed by atoms with van der Waals surface area (Å²) in [4.78, 5) is 28.6. The standard InChI is InChI=1S/C17H15N3O2S/c1-12(21)18-13-5-7-15(8-6-13)23-11-14-10-17(22)20-9-3-2-4-16(20)19-14/h2-10H,11H2,1H3,(H,18,21). The molecule has 2 heterocycles. The Morgan fingerprint density at radius 1 is 1.22 bits per heavy atom. The Bertz CT molecular complexity index is 904. The molecule has 116 valence electrons. The van der Waals surface area contributed by atoms with Crippen molar-refractivity contribution in [3.8, 4) is 0 Å². The van der Waals surface area contributed by atoms with Crippen LogP contribution in [0.5, 0.6) is 0 Å². The van der Waals surface area contributed by atoms with Gasteiger partial charge in [-0.15, -0.1) is 11.8 Å². The SMILES string of the molecule is CC(=O)Nc1ccc(SCc2cc(=O)n3ccccc3n2)cc1. The smallest absolute Gasteiger partial charge is 0.258 e. The van der Waals surface area contributed by atoms with Crippen LogP contribution >= 0.6 is 11.8 Å². The number of aromatic nitrogens is 2. The van der Waals surface area contributed by atoms with Gasteiger partial charge in [-0.1, -0.05) is 6.07 Å². The number of rotatable bonds is 4. The number of amides is 1. The normalized spacial score (nSPS) is 10.7. The molecule has 0 aliphatic rings. The molecule has 0 atom stereocenters. The molecule has 0 radical (unpaired) electrons. The molecular weight excluding hydrogens is 310 g/mol. The number of benzene rings is 1. The van der Waals surface area contributed by atoms with E-state index in [4.69, 9.17) is 0 Å². The number of nitrogens with one attached hydrogen (secondary N) is 1. The van der Waals surface area contributed by atoms with E-state index in [0.717, 1.165) is 16.3 Å². The summed E-state index contributed by atoms with van der Waals surface area (Å²) >= 11 is 1.60. The van der Waals surface area contributed by atoms with Crippen molar-refractivity contribution in [2.45, 2.75) is 17.6 Å². The lowest BCUT2D eigenvalue weighted by molar-refractivity contribution is -0.114. The zero-order valence-corrected chi connectivity index (χ0v) is 13.3. The number of fused-ring (bicyclic) bond motifs is 1. The number of thioether (sulfide) groups is 1. The number of carbonyl (C=O) groups excluding carboxylic acids is 1. The molecule has 3 rings (SSSR count). The minimum atomic E-state index is -0.0914. The van der Waals surface area contributed by atoms with E-state index in [9.17, 15) is 9.59 Å². The van der Waals surface area contributed by atoms with E-state index in [1.807, 2.05) is 36.4 Å². The summed E-state index contributed by atoms with van der Waals surface area (Å²) in [5.74, 6) is 0.520. The molecule has 0 aliphatic carbocycles. The van der Waals surface area contributed by atoms with Gasteiger partial charge in [0, 0.05) is 35.5 Å². The second-order valence-corrected chi connectivity index (χ2v) is 6.06. The Morgan fingerprint density at radius 3 is 2.74 bits per heavy atom. The van der Waals surface area contributed by atoms with Crippen molar-refractivity contribution < 1.29 is 4.79 Å². The summed E-state index contributed by atoms with van der Waals surface area (Å²) in [5.41, 5.74) is 2.09. The van der Waals surface area contributed by atoms with Crippen molar-refractivity contribution in [1.82, 2.24) is 9.38 Å². The number of nitrogens with zero attached hydrogens (tertiary/aromatic N) is 2. The summed E-state index contributed by atoms with van der Waals surface area (Å²) in [7, 11) is 0. The summed E-state index contributed by atoms with van der Waals surface area (Å²) in [6, 6.07) is 14.6. The van der Waals surface area contributed by atoms with Gasteiger partial charge in [0.05, 0.1) is 5.69 Å². The van der Waals surface area contributed by atoms with Crippen LogP contribution < -0.4 is 10.9 Å². The summed E-state index contributed by atoms with van der Waals surface area (Å²) in [5, 5.41) is 2.73.